The summed E-state index contributed by atoms with van der Waals surface area (Å²) in [6.45, 7) is 1.58. The zero-order chi connectivity index (χ0) is 26.8. The summed E-state index contributed by atoms with van der Waals surface area (Å²) in [5.41, 5.74) is 11.0. The minimum atomic E-state index is -2.70. The van der Waals surface area contributed by atoms with E-state index in [9.17, 15) is 13.6 Å². The summed E-state index contributed by atoms with van der Waals surface area (Å²) in [6, 6.07) is 13.1. The fourth-order valence-electron chi connectivity index (χ4n) is 5.37. The van der Waals surface area contributed by atoms with E-state index in [4.69, 9.17) is 10.8 Å². The molecule has 0 saturated heterocycles. The number of aryl methyl sites for hydroxylation is 1. The number of anilines is 2. The van der Waals surface area contributed by atoms with Gasteiger partial charge in [-0.25, -0.2) is 18.3 Å². The third-order valence-electron chi connectivity index (χ3n) is 7.16. The second kappa shape index (κ2) is 10.6. The van der Waals surface area contributed by atoms with Crippen LogP contribution in [0.4, 0.5) is 25.1 Å². The van der Waals surface area contributed by atoms with Crippen molar-refractivity contribution in [2.24, 2.45) is 10.7 Å². The number of benzene rings is 2. The number of nitrogens with two attached hydrogens (primary N) is 1. The van der Waals surface area contributed by atoms with E-state index in [2.05, 4.69) is 10.3 Å². The number of hydrogen-bond donors (Lipinski definition) is 2. The van der Waals surface area contributed by atoms with E-state index in [1.807, 2.05) is 39.9 Å². The number of hydrogen-bond acceptors (Lipinski definition) is 5. The number of aliphatic imine (C=N–C) groups is 1. The molecular formula is C28H31F2N7O. The van der Waals surface area contributed by atoms with E-state index in [0.29, 0.717) is 48.7 Å². The Balaban J connectivity index is 1.67. The molecule has 38 heavy (non-hydrogen) atoms. The third-order valence-corrected chi connectivity index (χ3v) is 7.16. The predicted molar refractivity (Wildman–Crippen MR) is 145 cm³/mol. The Morgan fingerprint density at radius 2 is 1.97 bits per heavy atom. The quantitative estimate of drug-likeness (QED) is 0.483. The number of carbonyl (C=O) groups is 1. The van der Waals surface area contributed by atoms with Gasteiger partial charge in [0, 0.05) is 68.4 Å². The smallest absolute Gasteiger partial charge is 0.317 e. The number of nitrogens with zero attached hydrogens (tertiary/aromatic N) is 5. The number of allylic oxidation sites excluding steroid dienone is 1. The van der Waals surface area contributed by atoms with Gasteiger partial charge >= 0.3 is 6.03 Å². The number of rotatable bonds is 5. The Labute approximate surface area is 220 Å². The van der Waals surface area contributed by atoms with Crippen molar-refractivity contribution in [2.45, 2.75) is 32.2 Å². The standard InChI is InChI=1S/C28H31F2N7O/c1-32-16-19(15-31)21-13-18-7-6-11-36(25(18)14-22(21)26(29)30)27-23-17-35(28(38)33-2)12-10-24(23)37(34-27)20-8-4-3-5-9-20/h3-5,8-9,13-16,26H,6-7,10-12,17,31H2,1-2H3,(H,33,38). The lowest BCUT2D eigenvalue weighted by Crippen LogP contribution is -2.41. The van der Waals surface area contributed by atoms with Crippen LogP contribution in [0.2, 0.25) is 0 Å². The summed E-state index contributed by atoms with van der Waals surface area (Å²) in [6.07, 6.45) is 2.32. The van der Waals surface area contributed by atoms with Crippen LogP contribution in [0.3, 0.4) is 0 Å². The molecule has 0 fully saturated rings. The molecule has 5 rings (SSSR count). The van der Waals surface area contributed by atoms with Crippen molar-refractivity contribution in [1.82, 2.24) is 20.0 Å². The molecular weight excluding hydrogens is 488 g/mol. The van der Waals surface area contributed by atoms with Crippen LogP contribution in [0.1, 0.15) is 40.8 Å². The Morgan fingerprint density at radius 3 is 2.66 bits per heavy atom. The monoisotopic (exact) mass is 519 g/mol. The average molecular weight is 520 g/mol. The number of halogens is 2. The maximum atomic E-state index is 14.3. The molecule has 0 unspecified atom stereocenters. The number of aromatic nitrogens is 2. The minimum absolute atomic E-state index is 0.101. The van der Waals surface area contributed by atoms with Crippen molar-refractivity contribution in [2.75, 3.05) is 32.1 Å². The third kappa shape index (κ3) is 4.51. The average Bonchev–Trinajstić information content (AvgIpc) is 3.33. The van der Waals surface area contributed by atoms with Crippen molar-refractivity contribution < 1.29 is 13.6 Å². The fourth-order valence-corrected chi connectivity index (χ4v) is 5.37. The molecule has 1 aromatic heterocycles. The maximum absolute atomic E-state index is 14.3. The van der Waals surface area contributed by atoms with Crippen molar-refractivity contribution in [3.8, 4) is 5.69 Å². The molecule has 10 heteroatoms. The van der Waals surface area contributed by atoms with Crippen LogP contribution in [0.25, 0.3) is 11.3 Å². The van der Waals surface area contributed by atoms with Gasteiger partial charge < -0.3 is 20.9 Å². The van der Waals surface area contributed by atoms with E-state index in [1.165, 1.54) is 12.4 Å². The second-order valence-electron chi connectivity index (χ2n) is 9.36. The molecule has 0 atom stereocenters. The van der Waals surface area contributed by atoms with E-state index in [-0.39, 0.29) is 11.6 Å². The lowest BCUT2D eigenvalue weighted by atomic mass is 9.92. The highest BCUT2D eigenvalue weighted by molar-refractivity contribution is 6.10. The zero-order valence-corrected chi connectivity index (χ0v) is 21.5. The highest BCUT2D eigenvalue weighted by Gasteiger charge is 2.33. The van der Waals surface area contributed by atoms with Gasteiger partial charge in [0.15, 0.2) is 5.82 Å². The van der Waals surface area contributed by atoms with Gasteiger partial charge in [-0.15, -0.1) is 5.10 Å². The molecule has 2 amide bonds. The Bertz CT molecular complexity index is 1400. The molecule has 0 aliphatic carbocycles. The number of nitrogens with one attached hydrogen (secondary N) is 1. The number of alkyl halides is 2. The molecule has 3 N–H and O–H groups in total. The Kier molecular flexibility index (Phi) is 7.13. The lowest BCUT2D eigenvalue weighted by molar-refractivity contribution is 0.151. The Hall–Kier alpha value is -4.21. The second-order valence-corrected chi connectivity index (χ2v) is 9.36. The summed E-state index contributed by atoms with van der Waals surface area (Å²) in [5.74, 6) is 0.691. The van der Waals surface area contributed by atoms with Crippen molar-refractivity contribution in [1.29, 1.82) is 0 Å². The molecule has 3 aromatic rings. The van der Waals surface area contributed by atoms with Crippen molar-refractivity contribution >= 4 is 29.3 Å². The first-order valence-electron chi connectivity index (χ1n) is 12.7. The summed E-state index contributed by atoms with van der Waals surface area (Å²) < 4.78 is 30.6. The number of amides is 2. The van der Waals surface area contributed by atoms with Crippen LogP contribution in [-0.2, 0) is 19.4 Å². The summed E-state index contributed by atoms with van der Waals surface area (Å²) in [4.78, 5) is 20.3. The summed E-state index contributed by atoms with van der Waals surface area (Å²) in [7, 11) is 3.20. The first-order valence-corrected chi connectivity index (χ1v) is 12.7. The normalized spacial score (nSPS) is 15.7. The maximum Gasteiger partial charge on any atom is 0.317 e. The van der Waals surface area contributed by atoms with Crippen LogP contribution in [0.5, 0.6) is 0 Å². The van der Waals surface area contributed by atoms with Crippen LogP contribution in [0, 0.1) is 0 Å². The van der Waals surface area contributed by atoms with Gasteiger partial charge in [0.2, 0.25) is 0 Å². The summed E-state index contributed by atoms with van der Waals surface area (Å²) in [5, 5.41) is 7.73. The van der Waals surface area contributed by atoms with E-state index in [1.54, 1.807) is 31.1 Å². The zero-order valence-electron chi connectivity index (χ0n) is 21.5. The molecule has 0 spiro atoms. The summed E-state index contributed by atoms with van der Waals surface area (Å²) >= 11 is 0. The molecule has 198 valence electrons. The van der Waals surface area contributed by atoms with E-state index < -0.39 is 6.43 Å². The lowest BCUT2D eigenvalue weighted by Gasteiger charge is -2.33. The number of fused-ring (bicyclic) bond motifs is 2. The van der Waals surface area contributed by atoms with Gasteiger partial charge in [0.25, 0.3) is 6.43 Å². The van der Waals surface area contributed by atoms with Crippen LogP contribution < -0.4 is 16.0 Å². The highest BCUT2D eigenvalue weighted by Crippen LogP contribution is 2.42. The van der Waals surface area contributed by atoms with Crippen molar-refractivity contribution in [3.63, 3.8) is 0 Å². The fraction of sp³-hybridized carbons (Fsp3) is 0.321. The molecule has 0 bridgehead atoms. The van der Waals surface area contributed by atoms with Crippen LogP contribution in [0.15, 0.2) is 53.7 Å². The molecule has 2 aromatic carbocycles. The van der Waals surface area contributed by atoms with E-state index in [0.717, 1.165) is 35.3 Å². The topological polar surface area (TPSA) is 91.8 Å². The SMILES string of the molecule is CN=CC(=CN)c1cc2c(cc1C(F)F)N(c1nn(-c3ccccc3)c3c1CN(C(=O)NC)CC3)CCC2. The van der Waals surface area contributed by atoms with Gasteiger partial charge in [-0.05, 0) is 48.2 Å². The van der Waals surface area contributed by atoms with E-state index >= 15 is 0 Å². The van der Waals surface area contributed by atoms with Crippen LogP contribution >= 0.6 is 0 Å². The van der Waals surface area contributed by atoms with Crippen LogP contribution in [-0.4, -0.2) is 54.1 Å². The Morgan fingerprint density at radius 1 is 1.18 bits per heavy atom. The van der Waals surface area contributed by atoms with Gasteiger partial charge in [-0.1, -0.05) is 18.2 Å². The van der Waals surface area contributed by atoms with Crippen molar-refractivity contribution in [3.05, 3.63) is 76.6 Å². The first kappa shape index (κ1) is 25.4. The van der Waals surface area contributed by atoms with Gasteiger partial charge in [-0.2, -0.15) is 0 Å². The molecule has 8 nitrogen and oxygen atoms in total. The molecule has 0 saturated carbocycles. The molecule has 2 aliphatic rings. The van der Waals surface area contributed by atoms with Gasteiger partial charge in [0.05, 0.1) is 17.9 Å². The molecule has 2 aliphatic heterocycles. The minimum Gasteiger partial charge on any atom is -0.404 e. The predicted octanol–water partition coefficient (Wildman–Crippen LogP) is 4.59. The highest BCUT2D eigenvalue weighted by atomic mass is 19.3. The van der Waals surface area contributed by atoms with Gasteiger partial charge in [0.1, 0.15) is 0 Å². The largest absolute Gasteiger partial charge is 0.404 e. The number of carbonyl (C=O) groups excluding carboxylic acids is 1. The molecule has 0 radical (unpaired) electrons. The number of para-hydroxylation sites is 1. The number of urea groups is 1. The molecule has 3 heterocycles. The van der Waals surface area contributed by atoms with Gasteiger partial charge in [-0.3, -0.25) is 4.99 Å². The first-order chi connectivity index (χ1) is 18.5.